The van der Waals surface area contributed by atoms with Gasteiger partial charge in [0.2, 0.25) is 0 Å². The molecule has 2 nitrogen and oxygen atoms in total. The molecule has 25 heavy (non-hydrogen) atoms. The lowest BCUT2D eigenvalue weighted by atomic mass is 9.80. The van der Waals surface area contributed by atoms with Gasteiger partial charge in [-0.25, -0.2) is 0 Å². The van der Waals surface area contributed by atoms with Crippen LogP contribution in [-0.4, -0.2) is 22.5 Å². The SMILES string of the molecule is c1ccc2c(c1)C[C@H]1CC[C@@H](C2)N(Cc2ccc3cccnc3c2)C1. The fourth-order valence-corrected chi connectivity index (χ4v) is 4.74. The molecule has 3 aliphatic rings. The van der Waals surface area contributed by atoms with Crippen molar-refractivity contribution in [2.75, 3.05) is 6.54 Å². The second kappa shape index (κ2) is 6.27. The van der Waals surface area contributed by atoms with E-state index in [-0.39, 0.29) is 0 Å². The third-order valence-electron chi connectivity index (χ3n) is 6.06. The highest BCUT2D eigenvalue weighted by Crippen LogP contribution is 2.33. The second-order valence-corrected chi connectivity index (χ2v) is 7.73. The zero-order chi connectivity index (χ0) is 16.6. The topological polar surface area (TPSA) is 16.1 Å². The average Bonchev–Trinajstić information content (AvgIpc) is 2.62. The number of nitrogens with zero attached hydrogens (tertiary/aromatic N) is 2. The van der Waals surface area contributed by atoms with E-state index in [0.29, 0.717) is 6.04 Å². The van der Waals surface area contributed by atoms with Gasteiger partial charge in [0.1, 0.15) is 0 Å². The van der Waals surface area contributed by atoms with Crippen LogP contribution in [0.2, 0.25) is 0 Å². The van der Waals surface area contributed by atoms with Crippen LogP contribution in [0.5, 0.6) is 0 Å². The summed E-state index contributed by atoms with van der Waals surface area (Å²) in [5.41, 5.74) is 5.67. The zero-order valence-corrected chi connectivity index (χ0v) is 14.6. The van der Waals surface area contributed by atoms with Gasteiger partial charge in [0.15, 0.2) is 0 Å². The van der Waals surface area contributed by atoms with E-state index >= 15 is 0 Å². The highest BCUT2D eigenvalue weighted by Gasteiger charge is 2.31. The minimum absolute atomic E-state index is 0.678. The van der Waals surface area contributed by atoms with Crippen molar-refractivity contribution in [3.05, 3.63) is 77.5 Å². The second-order valence-electron chi connectivity index (χ2n) is 7.73. The van der Waals surface area contributed by atoms with E-state index < -0.39 is 0 Å². The summed E-state index contributed by atoms with van der Waals surface area (Å²) in [5.74, 6) is 0.802. The molecule has 0 radical (unpaired) electrons. The van der Waals surface area contributed by atoms with E-state index in [9.17, 15) is 0 Å². The molecule has 2 bridgehead atoms. The van der Waals surface area contributed by atoms with Crippen LogP contribution in [0.1, 0.15) is 29.5 Å². The van der Waals surface area contributed by atoms with Crippen LogP contribution in [0.4, 0.5) is 0 Å². The summed E-state index contributed by atoms with van der Waals surface area (Å²) < 4.78 is 0. The van der Waals surface area contributed by atoms with Crippen LogP contribution in [0, 0.1) is 5.92 Å². The molecule has 0 spiro atoms. The van der Waals surface area contributed by atoms with Crippen molar-refractivity contribution in [2.45, 2.75) is 38.3 Å². The fourth-order valence-electron chi connectivity index (χ4n) is 4.74. The van der Waals surface area contributed by atoms with Gasteiger partial charge in [-0.15, -0.1) is 0 Å². The van der Waals surface area contributed by atoms with Crippen LogP contribution < -0.4 is 0 Å². The van der Waals surface area contributed by atoms with Crippen molar-refractivity contribution in [1.82, 2.24) is 9.88 Å². The molecule has 3 heterocycles. The van der Waals surface area contributed by atoms with Crippen molar-refractivity contribution < 1.29 is 0 Å². The maximum atomic E-state index is 4.53. The van der Waals surface area contributed by atoms with E-state index in [4.69, 9.17) is 0 Å². The van der Waals surface area contributed by atoms with Crippen LogP contribution in [0.15, 0.2) is 60.8 Å². The highest BCUT2D eigenvalue weighted by atomic mass is 15.2. The lowest BCUT2D eigenvalue weighted by Gasteiger charge is -2.42. The van der Waals surface area contributed by atoms with Gasteiger partial charge in [0.05, 0.1) is 5.52 Å². The number of hydrogen-bond donors (Lipinski definition) is 0. The molecular weight excluding hydrogens is 304 g/mol. The number of benzene rings is 2. The standard InChI is InChI=1S/C23H24N2/c1-2-5-21-14-22-10-8-17(12-20(21)4-1)15-25(22)16-18-7-9-19-6-3-11-24-23(19)13-18/h1-7,9,11,13,17,22H,8,10,12,14-16H2/t17-,22+/m1/s1. The van der Waals surface area contributed by atoms with E-state index in [1.165, 1.54) is 43.2 Å². The van der Waals surface area contributed by atoms with Crippen LogP contribution in [0.3, 0.4) is 0 Å². The Balaban J connectivity index is 1.42. The van der Waals surface area contributed by atoms with E-state index in [1.807, 2.05) is 12.3 Å². The maximum absolute atomic E-state index is 4.53. The molecule has 2 heteroatoms. The first-order chi connectivity index (χ1) is 12.3. The fraction of sp³-hybridized carbons (Fsp3) is 0.348. The van der Waals surface area contributed by atoms with Gasteiger partial charge < -0.3 is 0 Å². The summed E-state index contributed by atoms with van der Waals surface area (Å²) in [6, 6.07) is 20.7. The van der Waals surface area contributed by atoms with E-state index in [0.717, 1.165) is 18.0 Å². The van der Waals surface area contributed by atoms with Crippen LogP contribution in [-0.2, 0) is 19.4 Å². The largest absolute Gasteiger partial charge is 0.296 e. The number of hydrogen-bond acceptors (Lipinski definition) is 2. The predicted octanol–water partition coefficient (Wildman–Crippen LogP) is 4.61. The lowest BCUT2D eigenvalue weighted by molar-refractivity contribution is 0.0938. The summed E-state index contributed by atoms with van der Waals surface area (Å²) in [4.78, 5) is 7.26. The molecule has 126 valence electrons. The molecular formula is C23H24N2. The Bertz CT molecular complexity index is 901. The van der Waals surface area contributed by atoms with Crippen molar-refractivity contribution in [1.29, 1.82) is 0 Å². The van der Waals surface area contributed by atoms with Crippen molar-refractivity contribution in [3.8, 4) is 0 Å². The number of aromatic nitrogens is 1. The monoisotopic (exact) mass is 328 g/mol. The Hall–Kier alpha value is -2.19. The summed E-state index contributed by atoms with van der Waals surface area (Å²) in [7, 11) is 0. The number of rotatable bonds is 2. The first kappa shape index (κ1) is 15.1. The summed E-state index contributed by atoms with van der Waals surface area (Å²) >= 11 is 0. The van der Waals surface area contributed by atoms with E-state index in [2.05, 4.69) is 58.4 Å². The van der Waals surface area contributed by atoms with E-state index in [1.54, 1.807) is 11.1 Å². The third kappa shape index (κ3) is 2.96. The molecule has 1 aliphatic carbocycles. The highest BCUT2D eigenvalue weighted by molar-refractivity contribution is 5.78. The Kier molecular flexibility index (Phi) is 3.79. The van der Waals surface area contributed by atoms with Crippen LogP contribution >= 0.6 is 0 Å². The first-order valence-electron chi connectivity index (χ1n) is 9.50. The van der Waals surface area contributed by atoms with Gasteiger partial charge in [-0.3, -0.25) is 9.88 Å². The molecule has 6 rings (SSSR count). The Morgan fingerprint density at radius 3 is 2.72 bits per heavy atom. The van der Waals surface area contributed by atoms with Gasteiger partial charge >= 0.3 is 0 Å². The van der Waals surface area contributed by atoms with Gasteiger partial charge in [-0.2, -0.15) is 0 Å². The predicted molar refractivity (Wildman–Crippen MR) is 103 cm³/mol. The molecule has 2 atom stereocenters. The number of piperidine rings is 1. The van der Waals surface area contributed by atoms with Crippen molar-refractivity contribution in [2.24, 2.45) is 5.92 Å². The van der Waals surface area contributed by atoms with Gasteiger partial charge in [0, 0.05) is 30.7 Å². The smallest absolute Gasteiger partial charge is 0.0705 e. The lowest BCUT2D eigenvalue weighted by Crippen LogP contribution is -2.46. The Morgan fingerprint density at radius 2 is 1.80 bits per heavy atom. The summed E-state index contributed by atoms with van der Waals surface area (Å²) in [5, 5.41) is 1.23. The normalized spacial score (nSPS) is 23.2. The molecule has 1 saturated heterocycles. The average molecular weight is 328 g/mol. The molecule has 0 amide bonds. The molecule has 2 aliphatic heterocycles. The quantitative estimate of drug-likeness (QED) is 0.683. The molecule has 0 saturated carbocycles. The van der Waals surface area contributed by atoms with Crippen molar-refractivity contribution in [3.63, 3.8) is 0 Å². The summed E-state index contributed by atoms with van der Waals surface area (Å²) in [6.07, 6.45) is 7.06. The number of fused-ring (bicyclic) bond motifs is 3. The van der Waals surface area contributed by atoms with Crippen LogP contribution in [0.25, 0.3) is 10.9 Å². The Labute approximate surface area is 149 Å². The molecule has 3 aromatic rings. The Morgan fingerprint density at radius 1 is 0.920 bits per heavy atom. The molecule has 0 N–H and O–H groups in total. The minimum atomic E-state index is 0.678. The maximum Gasteiger partial charge on any atom is 0.0705 e. The molecule has 0 unspecified atom stereocenters. The van der Waals surface area contributed by atoms with Crippen molar-refractivity contribution >= 4 is 10.9 Å². The van der Waals surface area contributed by atoms with Gasteiger partial charge in [-0.05, 0) is 60.4 Å². The third-order valence-corrected chi connectivity index (χ3v) is 6.06. The van der Waals surface area contributed by atoms with Gasteiger partial charge in [-0.1, -0.05) is 42.5 Å². The molecule has 2 aromatic carbocycles. The molecule has 1 aromatic heterocycles. The number of pyridine rings is 1. The first-order valence-corrected chi connectivity index (χ1v) is 9.50. The molecule has 1 fully saturated rings. The minimum Gasteiger partial charge on any atom is -0.296 e. The zero-order valence-electron chi connectivity index (χ0n) is 14.6. The van der Waals surface area contributed by atoms with Gasteiger partial charge in [0.25, 0.3) is 0 Å². The summed E-state index contributed by atoms with van der Waals surface area (Å²) in [6.45, 7) is 2.29.